The van der Waals surface area contributed by atoms with Crippen molar-refractivity contribution in [1.29, 1.82) is 0 Å². The zero-order valence-corrected chi connectivity index (χ0v) is 13.4. The molecule has 0 bridgehead atoms. The molecule has 2 aromatic carbocycles. The summed E-state index contributed by atoms with van der Waals surface area (Å²) in [6, 6.07) is 16.3. The lowest BCUT2D eigenvalue weighted by molar-refractivity contribution is -0.115. The smallest absolute Gasteiger partial charge is 0.243 e. The van der Waals surface area contributed by atoms with Gasteiger partial charge in [0.25, 0.3) is 0 Å². The maximum absolute atomic E-state index is 12.3. The molecular weight excluding hydrogens is 328 g/mol. The molecule has 21 heavy (non-hydrogen) atoms. The molecular formula is C17H17BrN2O. The van der Waals surface area contributed by atoms with E-state index >= 15 is 0 Å². The van der Waals surface area contributed by atoms with Crippen molar-refractivity contribution in [2.24, 2.45) is 0 Å². The molecule has 2 aromatic rings. The maximum atomic E-state index is 12.3. The Morgan fingerprint density at radius 1 is 1.24 bits per heavy atom. The van der Waals surface area contributed by atoms with Crippen molar-refractivity contribution < 1.29 is 4.79 Å². The van der Waals surface area contributed by atoms with Crippen molar-refractivity contribution in [2.45, 2.75) is 19.4 Å². The lowest BCUT2D eigenvalue weighted by Gasteiger charge is -2.24. The molecule has 0 saturated carbocycles. The number of rotatable bonds is 3. The van der Waals surface area contributed by atoms with Gasteiger partial charge in [-0.15, -0.1) is 0 Å². The normalized spacial score (nSPS) is 16.7. The number of anilines is 2. The van der Waals surface area contributed by atoms with Gasteiger partial charge in [-0.3, -0.25) is 4.79 Å². The third-order valence-corrected chi connectivity index (χ3v) is 4.50. The lowest BCUT2D eigenvalue weighted by atomic mass is 10.1. The Labute approximate surface area is 133 Å². The average molecular weight is 345 g/mol. The van der Waals surface area contributed by atoms with Gasteiger partial charge in [-0.2, -0.15) is 0 Å². The molecule has 1 N–H and O–H groups in total. The van der Waals surface area contributed by atoms with Crippen LogP contribution in [-0.2, 0) is 11.2 Å². The lowest BCUT2D eigenvalue weighted by Crippen LogP contribution is -2.37. The number of carbonyl (C=O) groups is 1. The third-order valence-electron chi connectivity index (χ3n) is 3.81. The van der Waals surface area contributed by atoms with Crippen LogP contribution in [0.25, 0.3) is 0 Å². The fraction of sp³-hybridized carbons (Fsp3) is 0.235. The number of para-hydroxylation sites is 2. The van der Waals surface area contributed by atoms with Crippen molar-refractivity contribution in [2.75, 3.05) is 16.8 Å². The molecule has 4 heteroatoms. The fourth-order valence-electron chi connectivity index (χ4n) is 2.78. The van der Waals surface area contributed by atoms with Gasteiger partial charge in [-0.05, 0) is 53.0 Å². The van der Waals surface area contributed by atoms with Gasteiger partial charge in [0.15, 0.2) is 0 Å². The number of benzene rings is 2. The topological polar surface area (TPSA) is 32.3 Å². The molecule has 0 spiro atoms. The summed E-state index contributed by atoms with van der Waals surface area (Å²) in [5.74, 6) is 0.00505. The highest BCUT2D eigenvalue weighted by Crippen LogP contribution is 2.31. The Kier molecular flexibility index (Phi) is 3.97. The standard InChI is InChI=1S/C17H17BrN2O/c1-12-10-13-6-2-5-9-16(13)20(12)11-17(21)19-15-8-4-3-7-14(15)18/h2-9,12H,10-11H2,1H3,(H,19,21)/t12-/m0/s1. The highest BCUT2D eigenvalue weighted by molar-refractivity contribution is 9.10. The van der Waals surface area contributed by atoms with Gasteiger partial charge in [-0.1, -0.05) is 30.3 Å². The Morgan fingerprint density at radius 2 is 1.95 bits per heavy atom. The average Bonchev–Trinajstić information content (AvgIpc) is 2.78. The van der Waals surface area contributed by atoms with E-state index in [1.165, 1.54) is 11.3 Å². The molecule has 3 rings (SSSR count). The number of halogens is 1. The second-order valence-electron chi connectivity index (χ2n) is 5.34. The maximum Gasteiger partial charge on any atom is 0.243 e. The number of carbonyl (C=O) groups excluding carboxylic acids is 1. The molecule has 1 atom stereocenters. The van der Waals surface area contributed by atoms with Crippen LogP contribution in [0.4, 0.5) is 11.4 Å². The molecule has 1 amide bonds. The van der Waals surface area contributed by atoms with Crippen LogP contribution in [0.1, 0.15) is 12.5 Å². The largest absolute Gasteiger partial charge is 0.359 e. The second-order valence-corrected chi connectivity index (χ2v) is 6.19. The SMILES string of the molecule is C[C@H]1Cc2ccccc2N1CC(=O)Nc1ccccc1Br. The summed E-state index contributed by atoms with van der Waals surface area (Å²) >= 11 is 3.45. The van der Waals surface area contributed by atoms with Gasteiger partial charge < -0.3 is 10.2 Å². The number of nitrogens with one attached hydrogen (secondary N) is 1. The van der Waals surface area contributed by atoms with Crippen molar-refractivity contribution in [3.8, 4) is 0 Å². The Morgan fingerprint density at radius 3 is 2.76 bits per heavy atom. The Bertz CT molecular complexity index is 671. The summed E-state index contributed by atoms with van der Waals surface area (Å²) in [7, 11) is 0. The first-order valence-electron chi connectivity index (χ1n) is 7.04. The molecule has 1 heterocycles. The first kappa shape index (κ1) is 14.1. The zero-order valence-electron chi connectivity index (χ0n) is 11.8. The minimum atomic E-state index is 0.00505. The second kappa shape index (κ2) is 5.90. The van der Waals surface area contributed by atoms with Crippen LogP contribution in [0.15, 0.2) is 53.0 Å². The summed E-state index contributed by atoms with van der Waals surface area (Å²) in [6.07, 6.45) is 0.998. The highest BCUT2D eigenvalue weighted by Gasteiger charge is 2.27. The molecule has 0 fully saturated rings. The van der Waals surface area contributed by atoms with Crippen molar-refractivity contribution in [1.82, 2.24) is 0 Å². The molecule has 0 radical (unpaired) electrons. The van der Waals surface area contributed by atoms with Crippen LogP contribution in [0.5, 0.6) is 0 Å². The Balaban J connectivity index is 1.72. The third kappa shape index (κ3) is 2.95. The quantitative estimate of drug-likeness (QED) is 0.917. The van der Waals surface area contributed by atoms with Gasteiger partial charge in [0.1, 0.15) is 0 Å². The monoisotopic (exact) mass is 344 g/mol. The molecule has 0 aromatic heterocycles. The van der Waals surface area contributed by atoms with Crippen molar-refractivity contribution in [3.63, 3.8) is 0 Å². The van der Waals surface area contributed by atoms with E-state index in [1.807, 2.05) is 30.3 Å². The number of fused-ring (bicyclic) bond motifs is 1. The summed E-state index contributed by atoms with van der Waals surface area (Å²) in [4.78, 5) is 14.5. The number of amides is 1. The minimum absolute atomic E-state index is 0.00505. The van der Waals surface area contributed by atoms with E-state index in [0.29, 0.717) is 12.6 Å². The molecule has 0 saturated heterocycles. The van der Waals surface area contributed by atoms with Gasteiger partial charge in [0, 0.05) is 16.2 Å². The van der Waals surface area contributed by atoms with Gasteiger partial charge >= 0.3 is 0 Å². The number of hydrogen-bond acceptors (Lipinski definition) is 2. The van der Waals surface area contributed by atoms with Gasteiger partial charge in [0.2, 0.25) is 5.91 Å². The van der Waals surface area contributed by atoms with E-state index in [1.54, 1.807) is 0 Å². The van der Waals surface area contributed by atoms with E-state index < -0.39 is 0 Å². The fourth-order valence-corrected chi connectivity index (χ4v) is 3.16. The zero-order chi connectivity index (χ0) is 14.8. The highest BCUT2D eigenvalue weighted by atomic mass is 79.9. The molecule has 0 unspecified atom stereocenters. The number of nitrogens with zero attached hydrogens (tertiary/aromatic N) is 1. The van der Waals surface area contributed by atoms with Crippen molar-refractivity contribution >= 4 is 33.2 Å². The molecule has 1 aliphatic rings. The summed E-state index contributed by atoms with van der Waals surface area (Å²) < 4.78 is 0.897. The van der Waals surface area contributed by atoms with E-state index in [9.17, 15) is 4.79 Å². The van der Waals surface area contributed by atoms with Crippen molar-refractivity contribution in [3.05, 3.63) is 58.6 Å². The molecule has 0 aliphatic carbocycles. The van der Waals surface area contributed by atoms with Gasteiger partial charge in [-0.25, -0.2) is 0 Å². The van der Waals surface area contributed by atoms with Crippen LogP contribution in [-0.4, -0.2) is 18.5 Å². The summed E-state index contributed by atoms with van der Waals surface area (Å²) in [6.45, 7) is 2.53. The predicted octanol–water partition coefficient (Wildman–Crippen LogP) is 3.84. The number of hydrogen-bond donors (Lipinski definition) is 1. The van der Waals surface area contributed by atoms with E-state index in [-0.39, 0.29) is 5.91 Å². The minimum Gasteiger partial charge on any atom is -0.359 e. The summed E-state index contributed by atoms with van der Waals surface area (Å²) in [5, 5.41) is 2.96. The van der Waals surface area contributed by atoms with Gasteiger partial charge in [0.05, 0.1) is 12.2 Å². The first-order chi connectivity index (χ1) is 10.1. The molecule has 1 aliphatic heterocycles. The van der Waals surface area contributed by atoms with Crippen LogP contribution < -0.4 is 10.2 Å². The van der Waals surface area contributed by atoms with E-state index in [4.69, 9.17) is 0 Å². The van der Waals surface area contributed by atoms with Crippen LogP contribution in [0.2, 0.25) is 0 Å². The molecule has 3 nitrogen and oxygen atoms in total. The predicted molar refractivity (Wildman–Crippen MR) is 89.7 cm³/mol. The Hall–Kier alpha value is -1.81. The summed E-state index contributed by atoms with van der Waals surface area (Å²) in [5.41, 5.74) is 3.30. The van der Waals surface area contributed by atoms with E-state index in [0.717, 1.165) is 16.6 Å². The van der Waals surface area contributed by atoms with Crippen LogP contribution in [0, 0.1) is 0 Å². The first-order valence-corrected chi connectivity index (χ1v) is 7.83. The van der Waals surface area contributed by atoms with Crippen LogP contribution in [0.3, 0.4) is 0 Å². The molecule has 108 valence electrons. The van der Waals surface area contributed by atoms with E-state index in [2.05, 4.69) is 51.3 Å². The van der Waals surface area contributed by atoms with Crippen LogP contribution >= 0.6 is 15.9 Å².